The third-order valence-electron chi connectivity index (χ3n) is 1.70. The third-order valence-corrected chi connectivity index (χ3v) is 3.28. The molecule has 1 rings (SSSR count). The summed E-state index contributed by atoms with van der Waals surface area (Å²) in [5.74, 6) is 0.756. The molecule has 13 heavy (non-hydrogen) atoms. The van der Waals surface area contributed by atoms with Crippen molar-refractivity contribution >= 4 is 10.8 Å². The van der Waals surface area contributed by atoms with Crippen molar-refractivity contribution in [3.8, 4) is 5.75 Å². The fourth-order valence-corrected chi connectivity index (χ4v) is 1.99. The van der Waals surface area contributed by atoms with Crippen molar-refractivity contribution in [2.24, 2.45) is 0 Å². The summed E-state index contributed by atoms with van der Waals surface area (Å²) in [6.45, 7) is 3.88. The molecule has 0 aromatic heterocycles. The molecule has 72 valence electrons. The van der Waals surface area contributed by atoms with Crippen molar-refractivity contribution < 1.29 is 8.95 Å². The quantitative estimate of drug-likeness (QED) is 0.744. The van der Waals surface area contributed by atoms with E-state index >= 15 is 0 Å². The van der Waals surface area contributed by atoms with Crippen LogP contribution in [-0.4, -0.2) is 16.6 Å². The fourth-order valence-electron chi connectivity index (χ4n) is 0.998. The van der Waals surface area contributed by atoms with Gasteiger partial charge in [0.2, 0.25) is 0 Å². The molecule has 1 atom stereocenters. The van der Waals surface area contributed by atoms with Gasteiger partial charge < -0.3 is 4.74 Å². The molecule has 0 amide bonds. The Labute approximate surface area is 81.4 Å². The van der Waals surface area contributed by atoms with Gasteiger partial charge in [0.15, 0.2) is 0 Å². The largest absolute Gasteiger partial charge is 0.497 e. The minimum absolute atomic E-state index is 0.145. The monoisotopic (exact) mass is 198 g/mol. The van der Waals surface area contributed by atoms with Crippen LogP contribution in [0.5, 0.6) is 5.75 Å². The Morgan fingerprint density at radius 2 is 2.08 bits per heavy atom. The number of rotatable bonds is 3. The van der Waals surface area contributed by atoms with Crippen LogP contribution in [0.1, 0.15) is 13.8 Å². The van der Waals surface area contributed by atoms with Crippen LogP contribution in [-0.2, 0) is 10.8 Å². The highest BCUT2D eigenvalue weighted by Gasteiger charge is 2.08. The molecule has 0 bridgehead atoms. The fraction of sp³-hybridized carbons (Fsp3) is 0.400. The summed E-state index contributed by atoms with van der Waals surface area (Å²) >= 11 is 0. The Morgan fingerprint density at radius 3 is 2.62 bits per heavy atom. The van der Waals surface area contributed by atoms with E-state index in [4.69, 9.17) is 4.74 Å². The number of ether oxygens (including phenoxy) is 1. The summed E-state index contributed by atoms with van der Waals surface area (Å²) in [4.78, 5) is 0.828. The lowest BCUT2D eigenvalue weighted by Gasteiger charge is -2.06. The predicted octanol–water partition coefficient (Wildman–Crippen LogP) is 2.21. The highest BCUT2D eigenvalue weighted by atomic mass is 32.2. The molecular formula is C10H14O2S. The first-order valence-electron chi connectivity index (χ1n) is 4.19. The molecule has 0 heterocycles. The lowest BCUT2D eigenvalue weighted by atomic mass is 10.3. The summed E-state index contributed by atoms with van der Waals surface area (Å²) < 4.78 is 16.7. The normalized spacial score (nSPS) is 12.9. The molecule has 0 N–H and O–H groups in total. The highest BCUT2D eigenvalue weighted by Crippen LogP contribution is 2.17. The Bertz CT molecular complexity index is 308. The van der Waals surface area contributed by atoms with Crippen molar-refractivity contribution in [2.75, 3.05) is 7.11 Å². The van der Waals surface area contributed by atoms with Gasteiger partial charge in [-0.15, -0.1) is 0 Å². The Kier molecular flexibility index (Phi) is 3.48. The minimum atomic E-state index is -0.927. The van der Waals surface area contributed by atoms with Gasteiger partial charge in [0, 0.05) is 10.1 Å². The average Bonchev–Trinajstić information content (AvgIpc) is 2.16. The van der Waals surface area contributed by atoms with Crippen molar-refractivity contribution in [1.29, 1.82) is 0 Å². The van der Waals surface area contributed by atoms with E-state index in [9.17, 15) is 4.21 Å². The first-order valence-corrected chi connectivity index (χ1v) is 5.41. The molecule has 3 heteroatoms. The zero-order valence-corrected chi connectivity index (χ0v) is 8.93. The molecule has 0 aliphatic rings. The molecule has 0 radical (unpaired) electrons. The number of methoxy groups -OCH3 is 1. The number of hydrogen-bond acceptors (Lipinski definition) is 2. The Morgan fingerprint density at radius 1 is 1.38 bits per heavy atom. The van der Waals surface area contributed by atoms with Crippen molar-refractivity contribution in [3.63, 3.8) is 0 Å². The summed E-state index contributed by atoms with van der Waals surface area (Å²) in [6.07, 6.45) is 0. The van der Waals surface area contributed by atoms with Crippen LogP contribution in [0.4, 0.5) is 0 Å². The summed E-state index contributed by atoms with van der Waals surface area (Å²) in [6, 6.07) is 7.38. The predicted molar refractivity (Wildman–Crippen MR) is 54.5 cm³/mol. The molecule has 0 spiro atoms. The molecule has 0 aliphatic heterocycles. The standard InChI is InChI=1S/C10H14O2S/c1-8(2)13(11)10-6-4-5-9(7-10)12-3/h4-8H,1-3H3. The average molecular weight is 198 g/mol. The van der Waals surface area contributed by atoms with Gasteiger partial charge in [-0.2, -0.15) is 0 Å². The van der Waals surface area contributed by atoms with Crippen LogP contribution < -0.4 is 4.74 Å². The van der Waals surface area contributed by atoms with E-state index in [2.05, 4.69) is 0 Å². The molecule has 1 unspecified atom stereocenters. The first kappa shape index (κ1) is 10.3. The molecule has 0 aliphatic carbocycles. The van der Waals surface area contributed by atoms with Crippen LogP contribution in [0.2, 0.25) is 0 Å². The number of benzene rings is 1. The van der Waals surface area contributed by atoms with Crippen LogP contribution in [0.25, 0.3) is 0 Å². The van der Waals surface area contributed by atoms with E-state index in [0.29, 0.717) is 0 Å². The maximum atomic E-state index is 11.7. The van der Waals surface area contributed by atoms with E-state index in [1.165, 1.54) is 0 Å². The van der Waals surface area contributed by atoms with Gasteiger partial charge in [-0.3, -0.25) is 4.21 Å². The number of hydrogen-bond donors (Lipinski definition) is 0. The Hall–Kier alpha value is -0.830. The molecule has 1 aromatic rings. The second-order valence-corrected chi connectivity index (χ2v) is 5.03. The molecule has 0 saturated carbocycles. The zero-order valence-electron chi connectivity index (χ0n) is 8.11. The smallest absolute Gasteiger partial charge is 0.120 e. The van der Waals surface area contributed by atoms with Gasteiger partial charge >= 0.3 is 0 Å². The van der Waals surface area contributed by atoms with Gasteiger partial charge in [-0.1, -0.05) is 19.9 Å². The topological polar surface area (TPSA) is 26.3 Å². The minimum Gasteiger partial charge on any atom is -0.497 e. The zero-order chi connectivity index (χ0) is 9.84. The summed E-state index contributed by atoms with van der Waals surface area (Å²) in [5, 5.41) is 0.145. The molecule has 0 saturated heterocycles. The SMILES string of the molecule is COc1cccc(S(=O)C(C)C)c1. The van der Waals surface area contributed by atoms with Crippen molar-refractivity contribution in [1.82, 2.24) is 0 Å². The molecule has 2 nitrogen and oxygen atoms in total. The van der Waals surface area contributed by atoms with Gasteiger partial charge in [-0.05, 0) is 18.2 Å². The van der Waals surface area contributed by atoms with E-state index < -0.39 is 10.8 Å². The third kappa shape index (κ3) is 2.56. The second-order valence-electron chi connectivity index (χ2n) is 3.03. The summed E-state index contributed by atoms with van der Waals surface area (Å²) in [7, 11) is 0.682. The Balaban J connectivity index is 2.95. The van der Waals surface area contributed by atoms with Gasteiger partial charge in [0.05, 0.1) is 17.9 Å². The molecule has 1 aromatic carbocycles. The lowest BCUT2D eigenvalue weighted by Crippen LogP contribution is -2.05. The second kappa shape index (κ2) is 4.42. The lowest BCUT2D eigenvalue weighted by molar-refractivity contribution is 0.413. The van der Waals surface area contributed by atoms with Gasteiger partial charge in [0.25, 0.3) is 0 Å². The maximum absolute atomic E-state index is 11.7. The van der Waals surface area contributed by atoms with E-state index in [0.717, 1.165) is 10.6 Å². The van der Waals surface area contributed by atoms with Crippen LogP contribution in [0.3, 0.4) is 0 Å². The molecular weight excluding hydrogens is 184 g/mol. The van der Waals surface area contributed by atoms with E-state index in [1.807, 2.05) is 38.1 Å². The van der Waals surface area contributed by atoms with Crippen molar-refractivity contribution in [2.45, 2.75) is 24.0 Å². The van der Waals surface area contributed by atoms with Crippen LogP contribution >= 0.6 is 0 Å². The first-order chi connectivity index (χ1) is 6.15. The van der Waals surface area contributed by atoms with Gasteiger partial charge in [-0.25, -0.2) is 0 Å². The highest BCUT2D eigenvalue weighted by molar-refractivity contribution is 7.85. The van der Waals surface area contributed by atoms with E-state index in [-0.39, 0.29) is 5.25 Å². The maximum Gasteiger partial charge on any atom is 0.120 e. The van der Waals surface area contributed by atoms with Crippen LogP contribution in [0.15, 0.2) is 29.2 Å². The summed E-state index contributed by atoms with van der Waals surface area (Å²) in [5.41, 5.74) is 0. The van der Waals surface area contributed by atoms with Crippen LogP contribution in [0, 0.1) is 0 Å². The van der Waals surface area contributed by atoms with Gasteiger partial charge in [0.1, 0.15) is 5.75 Å². The van der Waals surface area contributed by atoms with E-state index in [1.54, 1.807) is 7.11 Å². The molecule has 0 fully saturated rings. The van der Waals surface area contributed by atoms with Crippen molar-refractivity contribution in [3.05, 3.63) is 24.3 Å².